The molecule has 1 aromatic carbocycles. The summed E-state index contributed by atoms with van der Waals surface area (Å²) >= 11 is 0. The van der Waals surface area contributed by atoms with E-state index in [1.165, 1.54) is 12.1 Å². The van der Waals surface area contributed by atoms with Crippen molar-refractivity contribution in [1.82, 2.24) is 0 Å². The van der Waals surface area contributed by atoms with Gasteiger partial charge in [0.1, 0.15) is 0 Å². The highest BCUT2D eigenvalue weighted by Crippen LogP contribution is 2.12. The molecule has 0 aliphatic heterocycles. The van der Waals surface area contributed by atoms with Crippen LogP contribution in [0.15, 0.2) is 29.2 Å². The van der Waals surface area contributed by atoms with E-state index in [-0.39, 0.29) is 31.3 Å². The van der Waals surface area contributed by atoms with Crippen molar-refractivity contribution in [3.8, 4) is 0 Å². The number of rotatable bonds is 11. The van der Waals surface area contributed by atoms with Crippen molar-refractivity contribution in [1.29, 1.82) is 0 Å². The van der Waals surface area contributed by atoms with Gasteiger partial charge in [0.25, 0.3) is 10.1 Å². The minimum absolute atomic E-state index is 0.0707. The normalized spacial score (nSPS) is 14.5. The number of hydrogen-bond acceptors (Lipinski definition) is 6. The van der Waals surface area contributed by atoms with Gasteiger partial charge in [0.2, 0.25) is 0 Å². The summed E-state index contributed by atoms with van der Waals surface area (Å²) in [5, 5.41) is 0. The highest BCUT2D eigenvalue weighted by atomic mass is 32.2. The Bertz CT molecular complexity index is 533. The van der Waals surface area contributed by atoms with E-state index in [1.54, 1.807) is 12.1 Å². The molecule has 0 aromatic heterocycles. The smallest absolute Gasteiger partial charge is 0.297 e. The van der Waals surface area contributed by atoms with Crippen LogP contribution in [-0.4, -0.2) is 55.1 Å². The van der Waals surface area contributed by atoms with Crippen molar-refractivity contribution in [3.63, 3.8) is 0 Å². The first-order chi connectivity index (χ1) is 10.9. The second-order valence-corrected chi connectivity index (χ2v) is 5.80. The van der Waals surface area contributed by atoms with Gasteiger partial charge in [0.15, 0.2) is 0 Å². The second kappa shape index (κ2) is 9.86. The van der Waals surface area contributed by atoms with Crippen LogP contribution in [0.1, 0.15) is 8.30 Å². The number of aryl methyl sites for hydroxylation is 1. The van der Waals surface area contributed by atoms with E-state index in [0.717, 1.165) is 5.56 Å². The van der Waals surface area contributed by atoms with E-state index in [2.05, 4.69) is 4.74 Å². The van der Waals surface area contributed by atoms with Gasteiger partial charge in [-0.15, -0.1) is 0 Å². The van der Waals surface area contributed by atoms with Gasteiger partial charge in [-0.2, -0.15) is 8.42 Å². The van der Waals surface area contributed by atoms with Gasteiger partial charge in [-0.25, -0.2) is 0 Å². The van der Waals surface area contributed by atoms with E-state index in [0.29, 0.717) is 13.2 Å². The Morgan fingerprint density at radius 1 is 1.05 bits per heavy atom. The van der Waals surface area contributed by atoms with Crippen LogP contribution in [-0.2, 0) is 28.5 Å². The van der Waals surface area contributed by atoms with E-state index in [4.69, 9.17) is 16.4 Å². The topological polar surface area (TPSA) is 71.1 Å². The minimum atomic E-state index is -3.75. The zero-order valence-electron chi connectivity index (χ0n) is 14.0. The maximum absolute atomic E-state index is 11.9. The fourth-order valence-corrected chi connectivity index (χ4v) is 2.30. The Morgan fingerprint density at radius 3 is 2.24 bits per heavy atom. The molecule has 1 rings (SSSR count). The lowest BCUT2D eigenvalue weighted by Crippen LogP contribution is -2.14. The maximum atomic E-state index is 11.9. The summed E-state index contributed by atoms with van der Waals surface area (Å²) < 4.78 is 57.2. The third-order valence-corrected chi connectivity index (χ3v) is 3.82. The van der Waals surface area contributed by atoms with Crippen molar-refractivity contribution >= 4 is 10.1 Å². The minimum Gasteiger partial charge on any atom is -0.382 e. The van der Waals surface area contributed by atoms with Gasteiger partial charge < -0.3 is 14.2 Å². The summed E-state index contributed by atoms with van der Waals surface area (Å²) in [7, 11) is -5.06. The van der Waals surface area contributed by atoms with Crippen LogP contribution in [0, 0.1) is 6.92 Å². The summed E-state index contributed by atoms with van der Waals surface area (Å²) in [6.07, 6.45) is 0. The molecule has 0 saturated heterocycles. The summed E-state index contributed by atoms with van der Waals surface area (Å²) in [5.41, 5.74) is 0.971. The molecule has 0 amide bonds. The van der Waals surface area contributed by atoms with Crippen molar-refractivity contribution in [3.05, 3.63) is 29.8 Å². The van der Waals surface area contributed by atoms with Gasteiger partial charge >= 0.3 is 0 Å². The zero-order valence-corrected chi connectivity index (χ0v) is 12.8. The molecule has 21 heavy (non-hydrogen) atoms. The van der Waals surface area contributed by atoms with E-state index in [1.807, 2.05) is 6.92 Å². The third-order valence-electron chi connectivity index (χ3n) is 2.49. The molecule has 1 unspecified atom stereocenters. The number of ether oxygens (including phenoxy) is 3. The molecule has 0 aliphatic carbocycles. The number of hydrogen-bond donors (Lipinski definition) is 0. The molecular weight excluding hydrogens is 296 g/mol. The molecule has 0 bridgehead atoms. The lowest BCUT2D eigenvalue weighted by molar-refractivity contribution is 0.0184. The average Bonchev–Trinajstić information content (AvgIpc) is 2.49. The molecule has 0 fully saturated rings. The monoisotopic (exact) mass is 321 g/mol. The molecule has 1 aromatic rings. The first kappa shape index (κ1) is 14.9. The van der Waals surface area contributed by atoms with Crippen LogP contribution in [0.25, 0.3) is 0 Å². The Kier molecular flexibility index (Phi) is 7.01. The molecule has 0 radical (unpaired) electrons. The molecule has 0 aliphatic rings. The molecule has 120 valence electrons. The molecule has 0 heterocycles. The standard InChI is InChI=1S/C14H22O6S/c1-13-3-5-14(6-4-13)21(15,16)20-12-11-19-10-9-18-8-7-17-2/h3-6H,7-12H2,1-2H3/i2TD. The van der Waals surface area contributed by atoms with Crippen LogP contribution in [0.3, 0.4) is 0 Å². The summed E-state index contributed by atoms with van der Waals surface area (Å²) in [6, 6.07) is 6.41. The fourth-order valence-electron chi connectivity index (χ4n) is 1.40. The van der Waals surface area contributed by atoms with E-state index in [9.17, 15) is 8.42 Å². The predicted molar refractivity (Wildman–Crippen MR) is 77.8 cm³/mol. The van der Waals surface area contributed by atoms with E-state index >= 15 is 0 Å². The van der Waals surface area contributed by atoms with Crippen LogP contribution >= 0.6 is 0 Å². The van der Waals surface area contributed by atoms with Crippen LogP contribution in [0.5, 0.6) is 0 Å². The highest BCUT2D eigenvalue weighted by molar-refractivity contribution is 7.86. The third kappa shape index (κ3) is 7.54. The van der Waals surface area contributed by atoms with Crippen LogP contribution in [0.2, 0.25) is 0 Å². The predicted octanol–water partition coefficient (Wildman–Crippen LogP) is 1.38. The SMILES string of the molecule is [2H]C([3H])OCCOCCOCCOS(=O)(=O)c1ccc(C)cc1. The van der Waals surface area contributed by atoms with Crippen LogP contribution < -0.4 is 0 Å². The van der Waals surface area contributed by atoms with Gasteiger partial charge in [0.05, 0.1) is 47.3 Å². The molecule has 1 atom stereocenters. The first-order valence-electron chi connectivity index (χ1n) is 7.65. The molecule has 7 heteroatoms. The number of benzene rings is 1. The van der Waals surface area contributed by atoms with Crippen molar-refractivity contribution in [2.45, 2.75) is 11.8 Å². The second-order valence-electron chi connectivity index (χ2n) is 4.18. The first-order valence-corrected chi connectivity index (χ1v) is 7.90. The fraction of sp³-hybridized carbons (Fsp3) is 0.571. The summed E-state index contributed by atoms with van der Waals surface area (Å²) in [6.45, 7) is 2.99. The Labute approximate surface area is 128 Å². The molecule has 0 spiro atoms. The molecule has 6 nitrogen and oxygen atoms in total. The molecule has 0 N–H and O–H groups in total. The zero-order chi connectivity index (χ0) is 17.1. The summed E-state index contributed by atoms with van der Waals surface area (Å²) in [5.74, 6) is 0. The molecule has 0 saturated carbocycles. The van der Waals surface area contributed by atoms with Crippen molar-refractivity contribution in [2.75, 3.05) is 46.7 Å². The van der Waals surface area contributed by atoms with Crippen LogP contribution in [0.4, 0.5) is 0 Å². The Balaban J connectivity index is 2.07. The highest BCUT2D eigenvalue weighted by Gasteiger charge is 2.14. The number of methoxy groups -OCH3 is 1. The maximum Gasteiger partial charge on any atom is 0.297 e. The van der Waals surface area contributed by atoms with Gasteiger partial charge in [0, 0.05) is 7.06 Å². The van der Waals surface area contributed by atoms with Gasteiger partial charge in [-0.3, -0.25) is 4.18 Å². The summed E-state index contributed by atoms with van der Waals surface area (Å²) in [4.78, 5) is 0.119. The quantitative estimate of drug-likeness (QED) is 0.453. The van der Waals surface area contributed by atoms with E-state index < -0.39 is 17.2 Å². The lowest BCUT2D eigenvalue weighted by atomic mass is 10.2. The van der Waals surface area contributed by atoms with Crippen molar-refractivity contribution in [2.24, 2.45) is 0 Å². The van der Waals surface area contributed by atoms with Crippen molar-refractivity contribution < 1.29 is 29.6 Å². The Hall–Kier alpha value is -0.990. The largest absolute Gasteiger partial charge is 0.382 e. The lowest BCUT2D eigenvalue weighted by Gasteiger charge is -2.07. The Morgan fingerprint density at radius 2 is 1.62 bits per heavy atom. The van der Waals surface area contributed by atoms with Gasteiger partial charge in [-0.1, -0.05) is 17.7 Å². The van der Waals surface area contributed by atoms with Gasteiger partial charge in [-0.05, 0) is 19.1 Å². The average molecular weight is 321 g/mol. The molecular formula is C14H22O6S.